The maximum atomic E-state index is 13.4. The lowest BCUT2D eigenvalue weighted by Gasteiger charge is -2.33. The molecule has 8 heteroatoms. The largest absolute Gasteiger partial charge is 0.368 e. The molecular formula is C21H34N4O4. The number of carbonyl (C=O) groups is 3. The van der Waals surface area contributed by atoms with Gasteiger partial charge in [-0.05, 0) is 43.7 Å². The number of rotatable bonds is 13. The van der Waals surface area contributed by atoms with Crippen molar-refractivity contribution in [2.45, 2.75) is 58.5 Å². The van der Waals surface area contributed by atoms with Crippen LogP contribution in [0.25, 0.3) is 0 Å². The summed E-state index contributed by atoms with van der Waals surface area (Å²) in [6, 6.07) is 8.54. The average Bonchev–Trinajstić information content (AvgIpc) is 2.69. The Morgan fingerprint density at radius 2 is 1.79 bits per heavy atom. The van der Waals surface area contributed by atoms with Crippen molar-refractivity contribution >= 4 is 17.7 Å². The minimum atomic E-state index is -0.791. The maximum Gasteiger partial charge on any atom is 0.244 e. The van der Waals surface area contributed by atoms with Crippen molar-refractivity contribution in [3.8, 4) is 0 Å². The van der Waals surface area contributed by atoms with Crippen LogP contribution in [0.1, 0.15) is 51.5 Å². The van der Waals surface area contributed by atoms with E-state index in [1.807, 2.05) is 44.2 Å². The summed E-state index contributed by atoms with van der Waals surface area (Å²) >= 11 is 0. The van der Waals surface area contributed by atoms with E-state index in [1.54, 1.807) is 5.48 Å². The molecule has 0 saturated carbocycles. The fraction of sp³-hybridized carbons (Fsp3) is 0.571. The van der Waals surface area contributed by atoms with E-state index in [9.17, 15) is 14.4 Å². The molecule has 2 atom stereocenters. The SMILES string of the molecule is CC(C)CC(CC(=O)NO)C(=O)N(Cc1ccccc1)[C@@H](CCCCN)C(N)=O. The molecule has 0 aliphatic rings. The predicted molar refractivity (Wildman–Crippen MR) is 110 cm³/mol. The molecule has 8 nitrogen and oxygen atoms in total. The Labute approximate surface area is 172 Å². The van der Waals surface area contributed by atoms with Gasteiger partial charge in [0.1, 0.15) is 6.04 Å². The van der Waals surface area contributed by atoms with E-state index in [1.165, 1.54) is 4.90 Å². The fourth-order valence-electron chi connectivity index (χ4n) is 3.40. The molecule has 162 valence electrons. The molecule has 6 N–H and O–H groups in total. The summed E-state index contributed by atoms with van der Waals surface area (Å²) in [4.78, 5) is 38.9. The van der Waals surface area contributed by atoms with Gasteiger partial charge >= 0.3 is 0 Å². The van der Waals surface area contributed by atoms with Gasteiger partial charge in [-0.3, -0.25) is 19.6 Å². The monoisotopic (exact) mass is 406 g/mol. The molecule has 0 aliphatic carbocycles. The molecule has 29 heavy (non-hydrogen) atoms. The van der Waals surface area contributed by atoms with Crippen molar-refractivity contribution in [3.05, 3.63) is 35.9 Å². The van der Waals surface area contributed by atoms with Gasteiger partial charge in [-0.2, -0.15) is 0 Å². The summed E-state index contributed by atoms with van der Waals surface area (Å²) in [7, 11) is 0. The van der Waals surface area contributed by atoms with E-state index in [0.29, 0.717) is 25.8 Å². The van der Waals surface area contributed by atoms with Crippen molar-refractivity contribution < 1.29 is 19.6 Å². The van der Waals surface area contributed by atoms with Crippen LogP contribution in [0, 0.1) is 11.8 Å². The van der Waals surface area contributed by atoms with Crippen LogP contribution < -0.4 is 16.9 Å². The Balaban J connectivity index is 3.20. The van der Waals surface area contributed by atoms with Gasteiger partial charge in [0.15, 0.2) is 0 Å². The van der Waals surface area contributed by atoms with Gasteiger partial charge in [0.05, 0.1) is 0 Å². The first-order valence-corrected chi connectivity index (χ1v) is 10.1. The quantitative estimate of drug-likeness (QED) is 0.224. The van der Waals surface area contributed by atoms with Gasteiger partial charge in [-0.1, -0.05) is 44.2 Å². The van der Waals surface area contributed by atoms with Crippen LogP contribution >= 0.6 is 0 Å². The van der Waals surface area contributed by atoms with Crippen molar-refractivity contribution in [3.63, 3.8) is 0 Å². The lowest BCUT2D eigenvalue weighted by atomic mass is 9.91. The Morgan fingerprint density at radius 3 is 2.31 bits per heavy atom. The molecule has 0 saturated heterocycles. The molecule has 1 unspecified atom stereocenters. The number of nitrogens with two attached hydrogens (primary N) is 2. The van der Waals surface area contributed by atoms with Crippen molar-refractivity contribution in [2.24, 2.45) is 23.3 Å². The Bertz CT molecular complexity index is 651. The Morgan fingerprint density at radius 1 is 1.14 bits per heavy atom. The standard InChI is InChI=1S/C21H34N4O4/c1-15(2)12-17(13-19(26)24-29)21(28)25(14-16-8-4-3-5-9-16)18(20(23)27)10-6-7-11-22/h3-5,8-9,15,17-18,29H,6-7,10-14,22H2,1-2H3,(H2,23,27)(H,24,26)/t17?,18-/m0/s1. The molecule has 0 radical (unpaired) electrons. The first-order chi connectivity index (χ1) is 13.8. The number of hydrogen-bond acceptors (Lipinski definition) is 5. The van der Waals surface area contributed by atoms with Crippen molar-refractivity contribution in [2.75, 3.05) is 6.54 Å². The van der Waals surface area contributed by atoms with E-state index in [0.717, 1.165) is 12.0 Å². The normalized spacial score (nSPS) is 13.0. The zero-order valence-electron chi connectivity index (χ0n) is 17.3. The number of nitrogens with one attached hydrogen (secondary N) is 1. The van der Waals surface area contributed by atoms with Crippen LogP contribution in [0.4, 0.5) is 0 Å². The molecule has 0 aliphatic heterocycles. The van der Waals surface area contributed by atoms with Gasteiger partial charge < -0.3 is 16.4 Å². The zero-order valence-corrected chi connectivity index (χ0v) is 17.3. The molecule has 0 bridgehead atoms. The highest BCUT2D eigenvalue weighted by molar-refractivity contribution is 5.90. The fourth-order valence-corrected chi connectivity index (χ4v) is 3.40. The van der Waals surface area contributed by atoms with Gasteiger partial charge in [-0.15, -0.1) is 0 Å². The smallest absolute Gasteiger partial charge is 0.244 e. The Kier molecular flexibility index (Phi) is 10.9. The number of primary amides is 1. The zero-order chi connectivity index (χ0) is 21.8. The van der Waals surface area contributed by atoms with E-state index in [4.69, 9.17) is 16.7 Å². The summed E-state index contributed by atoms with van der Waals surface area (Å²) in [6.07, 6.45) is 2.08. The van der Waals surface area contributed by atoms with E-state index >= 15 is 0 Å². The predicted octanol–water partition coefficient (Wildman–Crippen LogP) is 1.56. The topological polar surface area (TPSA) is 139 Å². The average molecular weight is 407 g/mol. The third kappa shape index (κ3) is 8.62. The third-order valence-corrected chi connectivity index (χ3v) is 4.78. The first kappa shape index (κ1) is 24.6. The summed E-state index contributed by atoms with van der Waals surface area (Å²) < 4.78 is 0. The highest BCUT2D eigenvalue weighted by atomic mass is 16.5. The third-order valence-electron chi connectivity index (χ3n) is 4.78. The maximum absolute atomic E-state index is 13.4. The number of amides is 3. The van der Waals surface area contributed by atoms with Crippen molar-refractivity contribution in [1.82, 2.24) is 10.4 Å². The number of unbranched alkanes of at least 4 members (excludes halogenated alkanes) is 1. The van der Waals surface area contributed by atoms with Crippen LogP contribution in [0.5, 0.6) is 0 Å². The molecule has 0 heterocycles. The van der Waals surface area contributed by atoms with Crippen LogP contribution in [0.3, 0.4) is 0 Å². The van der Waals surface area contributed by atoms with Crippen molar-refractivity contribution in [1.29, 1.82) is 0 Å². The first-order valence-electron chi connectivity index (χ1n) is 10.1. The minimum absolute atomic E-state index is 0.151. The van der Waals surface area contributed by atoms with Crippen LogP contribution in [-0.2, 0) is 20.9 Å². The van der Waals surface area contributed by atoms with E-state index in [2.05, 4.69) is 0 Å². The lowest BCUT2D eigenvalue weighted by molar-refractivity contribution is -0.146. The summed E-state index contributed by atoms with van der Waals surface area (Å²) in [5, 5.41) is 8.90. The van der Waals surface area contributed by atoms with Crippen LogP contribution in [0.15, 0.2) is 30.3 Å². The lowest BCUT2D eigenvalue weighted by Crippen LogP contribution is -2.50. The molecule has 0 spiro atoms. The number of hydrogen-bond donors (Lipinski definition) is 4. The van der Waals surface area contributed by atoms with Gasteiger partial charge in [0, 0.05) is 18.9 Å². The summed E-state index contributed by atoms with van der Waals surface area (Å²) in [5.41, 5.74) is 13.7. The second-order valence-electron chi connectivity index (χ2n) is 7.72. The highest BCUT2D eigenvalue weighted by Crippen LogP contribution is 2.23. The molecule has 3 amide bonds. The summed E-state index contributed by atoms with van der Waals surface area (Å²) in [5.74, 6) is -2.05. The van der Waals surface area contributed by atoms with Gasteiger partial charge in [0.2, 0.25) is 17.7 Å². The van der Waals surface area contributed by atoms with Gasteiger partial charge in [-0.25, -0.2) is 5.48 Å². The number of benzene rings is 1. The van der Waals surface area contributed by atoms with E-state index in [-0.39, 0.29) is 24.8 Å². The van der Waals surface area contributed by atoms with Crippen LogP contribution in [0.2, 0.25) is 0 Å². The number of hydroxylamine groups is 1. The Hall–Kier alpha value is -2.45. The molecule has 1 aromatic carbocycles. The summed E-state index contributed by atoms with van der Waals surface area (Å²) in [6.45, 7) is 4.60. The molecule has 1 rings (SSSR count). The number of nitrogens with zero attached hydrogens (tertiary/aromatic N) is 1. The second-order valence-corrected chi connectivity index (χ2v) is 7.72. The highest BCUT2D eigenvalue weighted by Gasteiger charge is 2.33. The van der Waals surface area contributed by atoms with E-state index < -0.39 is 23.8 Å². The molecule has 0 aromatic heterocycles. The molecular weight excluding hydrogens is 372 g/mol. The minimum Gasteiger partial charge on any atom is -0.368 e. The molecule has 0 fully saturated rings. The van der Waals surface area contributed by atoms with Crippen LogP contribution in [-0.4, -0.2) is 40.4 Å². The van der Waals surface area contributed by atoms with Gasteiger partial charge in [0.25, 0.3) is 0 Å². The number of carbonyl (C=O) groups excluding carboxylic acids is 3. The molecule has 1 aromatic rings. The second kappa shape index (κ2) is 12.9.